The molecule has 0 radical (unpaired) electrons. The van der Waals surface area contributed by atoms with Crippen LogP contribution in [0.15, 0.2) is 72.9 Å². The van der Waals surface area contributed by atoms with Crippen molar-refractivity contribution in [2.45, 2.75) is 13.0 Å². The summed E-state index contributed by atoms with van der Waals surface area (Å²) in [5, 5.41) is 6.20. The molecule has 27 heavy (non-hydrogen) atoms. The Bertz CT molecular complexity index is 847. The molecule has 0 spiro atoms. The Labute approximate surface area is 159 Å². The largest absolute Gasteiger partial charge is 0.497 e. The third-order valence-corrected chi connectivity index (χ3v) is 4.19. The Kier molecular flexibility index (Phi) is 6.41. The average Bonchev–Trinajstić information content (AvgIpc) is 2.73. The van der Waals surface area contributed by atoms with Gasteiger partial charge >= 0.3 is 0 Å². The van der Waals surface area contributed by atoms with Crippen molar-refractivity contribution in [1.82, 2.24) is 10.3 Å². The number of rotatable bonds is 8. The smallest absolute Gasteiger partial charge is 0.270 e. The monoisotopic (exact) mass is 361 g/mol. The maximum atomic E-state index is 12.2. The zero-order chi connectivity index (χ0) is 18.9. The third kappa shape index (κ3) is 5.57. The van der Waals surface area contributed by atoms with Gasteiger partial charge in [-0.25, -0.2) is 4.98 Å². The summed E-state index contributed by atoms with van der Waals surface area (Å²) >= 11 is 0. The summed E-state index contributed by atoms with van der Waals surface area (Å²) in [6.45, 7) is 1.26. The van der Waals surface area contributed by atoms with Gasteiger partial charge in [0.25, 0.3) is 5.91 Å². The quantitative estimate of drug-likeness (QED) is 0.642. The fourth-order valence-electron chi connectivity index (χ4n) is 2.64. The van der Waals surface area contributed by atoms with Gasteiger partial charge in [-0.15, -0.1) is 0 Å². The molecule has 0 unspecified atom stereocenters. The highest BCUT2D eigenvalue weighted by atomic mass is 16.5. The topological polar surface area (TPSA) is 63.2 Å². The molecule has 3 rings (SSSR count). The molecule has 5 heteroatoms. The highest BCUT2D eigenvalue weighted by Crippen LogP contribution is 2.11. The fraction of sp³-hybridized carbons (Fsp3) is 0.182. The standard InChI is InChI=1S/C22H23N3O2/c1-27-20-10-7-18(8-11-20)15-25-22(26)21-12-9-19(16-24-21)23-14-13-17-5-3-2-4-6-17/h2-12,16,23H,13-15H2,1H3,(H,25,26). The molecule has 5 nitrogen and oxygen atoms in total. The molecule has 1 amide bonds. The number of anilines is 1. The molecule has 0 fully saturated rings. The van der Waals surface area contributed by atoms with E-state index in [1.54, 1.807) is 19.4 Å². The number of pyridine rings is 1. The second kappa shape index (κ2) is 9.38. The van der Waals surface area contributed by atoms with Gasteiger partial charge in [-0.1, -0.05) is 42.5 Å². The van der Waals surface area contributed by atoms with Crippen LogP contribution in [0.2, 0.25) is 0 Å². The highest BCUT2D eigenvalue weighted by molar-refractivity contribution is 5.92. The molecule has 0 atom stereocenters. The number of carbonyl (C=O) groups is 1. The zero-order valence-electron chi connectivity index (χ0n) is 15.3. The number of hydrogen-bond acceptors (Lipinski definition) is 4. The second-order valence-electron chi connectivity index (χ2n) is 6.13. The first-order valence-electron chi connectivity index (χ1n) is 8.89. The Morgan fingerprint density at radius 1 is 0.963 bits per heavy atom. The van der Waals surface area contributed by atoms with Crippen LogP contribution in [0.3, 0.4) is 0 Å². The van der Waals surface area contributed by atoms with Gasteiger partial charge in [0, 0.05) is 13.1 Å². The van der Waals surface area contributed by atoms with Crippen LogP contribution >= 0.6 is 0 Å². The summed E-state index contributed by atoms with van der Waals surface area (Å²) in [4.78, 5) is 16.5. The summed E-state index contributed by atoms with van der Waals surface area (Å²) in [6, 6.07) is 21.5. The molecule has 0 aliphatic rings. The Morgan fingerprint density at radius 3 is 2.41 bits per heavy atom. The van der Waals surface area contributed by atoms with Crippen molar-refractivity contribution in [3.63, 3.8) is 0 Å². The van der Waals surface area contributed by atoms with Gasteiger partial charge in [0.1, 0.15) is 11.4 Å². The Hall–Kier alpha value is -3.34. The summed E-state index contributed by atoms with van der Waals surface area (Å²) in [6.07, 6.45) is 2.62. The average molecular weight is 361 g/mol. The summed E-state index contributed by atoms with van der Waals surface area (Å²) in [7, 11) is 1.63. The lowest BCUT2D eigenvalue weighted by atomic mass is 10.1. The first-order valence-corrected chi connectivity index (χ1v) is 8.89. The zero-order valence-corrected chi connectivity index (χ0v) is 15.3. The van der Waals surface area contributed by atoms with Gasteiger partial charge in [-0.3, -0.25) is 4.79 Å². The predicted octanol–water partition coefficient (Wildman–Crippen LogP) is 3.67. The molecular formula is C22H23N3O2. The van der Waals surface area contributed by atoms with Gasteiger partial charge in [0.05, 0.1) is 19.0 Å². The molecule has 3 aromatic rings. The van der Waals surface area contributed by atoms with Crippen molar-refractivity contribution in [3.8, 4) is 5.75 Å². The fourth-order valence-corrected chi connectivity index (χ4v) is 2.64. The third-order valence-electron chi connectivity index (χ3n) is 4.19. The van der Waals surface area contributed by atoms with Gasteiger partial charge in [0.15, 0.2) is 0 Å². The van der Waals surface area contributed by atoms with E-state index in [0.717, 1.165) is 30.0 Å². The minimum absolute atomic E-state index is 0.193. The van der Waals surface area contributed by atoms with Gasteiger partial charge in [-0.2, -0.15) is 0 Å². The molecule has 138 valence electrons. The summed E-state index contributed by atoms with van der Waals surface area (Å²) in [5.41, 5.74) is 3.59. The second-order valence-corrected chi connectivity index (χ2v) is 6.13. The lowest BCUT2D eigenvalue weighted by Gasteiger charge is -2.08. The maximum absolute atomic E-state index is 12.2. The SMILES string of the molecule is COc1ccc(CNC(=O)c2ccc(NCCc3ccccc3)cn2)cc1. The number of methoxy groups -OCH3 is 1. The van der Waals surface area contributed by atoms with Crippen LogP contribution in [0, 0.1) is 0 Å². The molecule has 2 aromatic carbocycles. The van der Waals surface area contributed by atoms with E-state index in [1.165, 1.54) is 5.56 Å². The van der Waals surface area contributed by atoms with E-state index in [1.807, 2.05) is 48.5 Å². The van der Waals surface area contributed by atoms with Crippen molar-refractivity contribution in [3.05, 3.63) is 89.7 Å². The first-order chi connectivity index (χ1) is 13.2. The van der Waals surface area contributed by atoms with Crippen LogP contribution in [0.25, 0.3) is 0 Å². The molecular weight excluding hydrogens is 338 g/mol. The number of nitrogens with zero attached hydrogens (tertiary/aromatic N) is 1. The molecule has 1 heterocycles. The summed E-state index contributed by atoms with van der Waals surface area (Å²) < 4.78 is 5.13. The number of hydrogen-bond donors (Lipinski definition) is 2. The van der Waals surface area contributed by atoms with E-state index in [4.69, 9.17) is 4.74 Å². The van der Waals surface area contributed by atoms with Crippen LogP contribution in [-0.2, 0) is 13.0 Å². The number of amides is 1. The molecule has 0 aliphatic carbocycles. The van der Waals surface area contributed by atoms with Gasteiger partial charge < -0.3 is 15.4 Å². The van der Waals surface area contributed by atoms with Crippen molar-refractivity contribution in [2.24, 2.45) is 0 Å². The predicted molar refractivity (Wildman–Crippen MR) is 107 cm³/mol. The van der Waals surface area contributed by atoms with E-state index >= 15 is 0 Å². The van der Waals surface area contributed by atoms with Gasteiger partial charge in [0.2, 0.25) is 0 Å². The molecule has 0 aliphatic heterocycles. The highest BCUT2D eigenvalue weighted by Gasteiger charge is 2.07. The molecule has 0 saturated heterocycles. The number of aromatic nitrogens is 1. The van der Waals surface area contributed by atoms with Crippen molar-refractivity contribution in [1.29, 1.82) is 0 Å². The molecule has 0 bridgehead atoms. The van der Waals surface area contributed by atoms with E-state index in [0.29, 0.717) is 12.2 Å². The molecule has 0 saturated carbocycles. The van der Waals surface area contributed by atoms with Gasteiger partial charge in [-0.05, 0) is 41.8 Å². The van der Waals surface area contributed by atoms with E-state index < -0.39 is 0 Å². The van der Waals surface area contributed by atoms with Crippen LogP contribution < -0.4 is 15.4 Å². The van der Waals surface area contributed by atoms with Crippen molar-refractivity contribution < 1.29 is 9.53 Å². The summed E-state index contributed by atoms with van der Waals surface area (Å²) in [5.74, 6) is 0.601. The van der Waals surface area contributed by atoms with E-state index in [2.05, 4.69) is 27.8 Å². The number of carbonyl (C=O) groups excluding carboxylic acids is 1. The molecule has 2 N–H and O–H groups in total. The van der Waals surface area contributed by atoms with E-state index in [-0.39, 0.29) is 5.91 Å². The number of nitrogens with one attached hydrogen (secondary N) is 2. The van der Waals surface area contributed by atoms with Crippen molar-refractivity contribution >= 4 is 11.6 Å². The number of ether oxygens (including phenoxy) is 1. The lowest BCUT2D eigenvalue weighted by molar-refractivity contribution is 0.0946. The van der Waals surface area contributed by atoms with Crippen LogP contribution in [0.1, 0.15) is 21.6 Å². The van der Waals surface area contributed by atoms with Crippen molar-refractivity contribution in [2.75, 3.05) is 19.0 Å². The minimum atomic E-state index is -0.193. The van der Waals surface area contributed by atoms with Crippen LogP contribution in [0.4, 0.5) is 5.69 Å². The van der Waals surface area contributed by atoms with E-state index in [9.17, 15) is 4.79 Å². The minimum Gasteiger partial charge on any atom is -0.497 e. The normalized spacial score (nSPS) is 10.3. The lowest BCUT2D eigenvalue weighted by Crippen LogP contribution is -2.23. The van der Waals surface area contributed by atoms with Crippen LogP contribution in [-0.4, -0.2) is 24.5 Å². The first kappa shape index (κ1) is 18.5. The Morgan fingerprint density at radius 2 is 1.74 bits per heavy atom. The maximum Gasteiger partial charge on any atom is 0.270 e. The van der Waals surface area contributed by atoms with Crippen LogP contribution in [0.5, 0.6) is 5.75 Å². The number of benzene rings is 2. The molecule has 1 aromatic heterocycles. The Balaban J connectivity index is 1.46.